The molecule has 0 bridgehead atoms. The van der Waals surface area contributed by atoms with Gasteiger partial charge in [-0.25, -0.2) is 0 Å². The van der Waals surface area contributed by atoms with Crippen molar-refractivity contribution in [3.8, 4) is 0 Å². The molecule has 0 aromatic rings. The van der Waals surface area contributed by atoms with Gasteiger partial charge < -0.3 is 14.6 Å². The molecule has 3 heteroatoms. The molecule has 0 aromatic carbocycles. The summed E-state index contributed by atoms with van der Waals surface area (Å²) in [6, 6.07) is 0. The molecule has 0 aromatic heterocycles. The van der Waals surface area contributed by atoms with Crippen molar-refractivity contribution in [3.05, 3.63) is 0 Å². The maximum Gasteiger partial charge on any atom is 0.160 e. The minimum absolute atomic E-state index is 0.230. The zero-order valence-electron chi connectivity index (χ0n) is 9.45. The van der Waals surface area contributed by atoms with E-state index in [2.05, 4.69) is 6.92 Å². The SMILES string of the molecule is CCOC(C[C@]1(O)C[C@@H]1CC)OCC. The van der Waals surface area contributed by atoms with Gasteiger partial charge in [-0.2, -0.15) is 0 Å². The van der Waals surface area contributed by atoms with Gasteiger partial charge >= 0.3 is 0 Å². The molecule has 0 unspecified atom stereocenters. The minimum atomic E-state index is -0.510. The lowest BCUT2D eigenvalue weighted by atomic mass is 10.1. The topological polar surface area (TPSA) is 38.7 Å². The van der Waals surface area contributed by atoms with E-state index in [0.29, 0.717) is 25.6 Å². The van der Waals surface area contributed by atoms with E-state index in [9.17, 15) is 5.11 Å². The lowest BCUT2D eigenvalue weighted by Gasteiger charge is -2.20. The largest absolute Gasteiger partial charge is 0.389 e. The first-order valence-electron chi connectivity index (χ1n) is 5.61. The Labute approximate surface area is 86.4 Å². The van der Waals surface area contributed by atoms with Gasteiger partial charge in [0.25, 0.3) is 0 Å². The van der Waals surface area contributed by atoms with E-state index in [1.165, 1.54) is 0 Å². The molecule has 0 heterocycles. The minimum Gasteiger partial charge on any atom is -0.389 e. The van der Waals surface area contributed by atoms with Crippen LogP contribution < -0.4 is 0 Å². The van der Waals surface area contributed by atoms with E-state index in [4.69, 9.17) is 9.47 Å². The molecule has 1 N–H and O–H groups in total. The molecule has 0 saturated heterocycles. The Kier molecular flexibility index (Phi) is 4.35. The summed E-state index contributed by atoms with van der Waals surface area (Å²) in [5.41, 5.74) is -0.510. The molecule has 1 aliphatic carbocycles. The second-order valence-electron chi connectivity index (χ2n) is 3.96. The van der Waals surface area contributed by atoms with Crippen molar-refractivity contribution in [2.75, 3.05) is 13.2 Å². The monoisotopic (exact) mass is 202 g/mol. The molecular formula is C11H22O3. The highest BCUT2D eigenvalue weighted by atomic mass is 16.7. The van der Waals surface area contributed by atoms with E-state index in [1.807, 2.05) is 13.8 Å². The van der Waals surface area contributed by atoms with Gasteiger partial charge in [-0.15, -0.1) is 0 Å². The Morgan fingerprint density at radius 1 is 1.29 bits per heavy atom. The summed E-state index contributed by atoms with van der Waals surface area (Å²) in [6.07, 6.45) is 2.33. The summed E-state index contributed by atoms with van der Waals surface area (Å²) in [5.74, 6) is 0.450. The maximum atomic E-state index is 10.1. The average Bonchev–Trinajstić information content (AvgIpc) is 2.77. The van der Waals surface area contributed by atoms with Crippen LogP contribution in [0, 0.1) is 5.92 Å². The highest BCUT2D eigenvalue weighted by Crippen LogP contribution is 2.49. The fourth-order valence-corrected chi connectivity index (χ4v) is 1.97. The third-order valence-corrected chi connectivity index (χ3v) is 2.92. The molecule has 14 heavy (non-hydrogen) atoms. The van der Waals surface area contributed by atoms with Gasteiger partial charge in [0.15, 0.2) is 6.29 Å². The van der Waals surface area contributed by atoms with Crippen LogP contribution in [0.4, 0.5) is 0 Å². The van der Waals surface area contributed by atoms with Crippen molar-refractivity contribution < 1.29 is 14.6 Å². The lowest BCUT2D eigenvalue weighted by molar-refractivity contribution is -0.157. The van der Waals surface area contributed by atoms with Gasteiger partial charge in [-0.1, -0.05) is 13.3 Å². The van der Waals surface area contributed by atoms with Crippen LogP contribution >= 0.6 is 0 Å². The second kappa shape index (κ2) is 5.10. The number of ether oxygens (including phenoxy) is 2. The summed E-state index contributed by atoms with van der Waals surface area (Å²) < 4.78 is 10.8. The number of aliphatic hydroxyl groups is 1. The highest BCUT2D eigenvalue weighted by Gasteiger charge is 2.52. The molecule has 1 fully saturated rings. The Morgan fingerprint density at radius 3 is 2.21 bits per heavy atom. The van der Waals surface area contributed by atoms with Gasteiger partial charge in [-0.3, -0.25) is 0 Å². The molecule has 1 rings (SSSR count). The van der Waals surface area contributed by atoms with Crippen molar-refractivity contribution in [1.29, 1.82) is 0 Å². The van der Waals surface area contributed by atoms with Crippen LogP contribution in [0.15, 0.2) is 0 Å². The normalized spacial score (nSPS) is 31.1. The maximum absolute atomic E-state index is 10.1. The fourth-order valence-electron chi connectivity index (χ4n) is 1.97. The first kappa shape index (κ1) is 12.0. The Morgan fingerprint density at radius 2 is 1.86 bits per heavy atom. The second-order valence-corrected chi connectivity index (χ2v) is 3.96. The molecule has 2 atom stereocenters. The lowest BCUT2D eigenvalue weighted by Crippen LogP contribution is -2.26. The number of hydrogen-bond donors (Lipinski definition) is 1. The molecule has 3 nitrogen and oxygen atoms in total. The van der Waals surface area contributed by atoms with Crippen molar-refractivity contribution in [3.63, 3.8) is 0 Å². The van der Waals surface area contributed by atoms with Gasteiger partial charge in [0.05, 0.1) is 5.60 Å². The van der Waals surface area contributed by atoms with Gasteiger partial charge in [0.1, 0.15) is 0 Å². The molecule has 0 radical (unpaired) electrons. The van der Waals surface area contributed by atoms with E-state index >= 15 is 0 Å². The van der Waals surface area contributed by atoms with Crippen molar-refractivity contribution in [2.45, 2.75) is 51.9 Å². The van der Waals surface area contributed by atoms with Crippen LogP contribution in [0.3, 0.4) is 0 Å². The quantitative estimate of drug-likeness (QED) is 0.641. The first-order chi connectivity index (χ1) is 6.66. The first-order valence-corrected chi connectivity index (χ1v) is 5.61. The van der Waals surface area contributed by atoms with E-state index in [0.717, 1.165) is 12.8 Å². The Hall–Kier alpha value is -0.120. The third kappa shape index (κ3) is 2.94. The molecule has 1 aliphatic rings. The summed E-state index contributed by atoms with van der Waals surface area (Å²) >= 11 is 0. The Balaban J connectivity index is 2.32. The summed E-state index contributed by atoms with van der Waals surface area (Å²) in [4.78, 5) is 0. The van der Waals surface area contributed by atoms with Crippen LogP contribution in [0.2, 0.25) is 0 Å². The fraction of sp³-hybridized carbons (Fsp3) is 1.00. The molecular weight excluding hydrogens is 180 g/mol. The van der Waals surface area contributed by atoms with Crippen LogP contribution in [0.1, 0.15) is 40.0 Å². The zero-order chi connectivity index (χ0) is 10.6. The molecule has 84 valence electrons. The molecule has 0 amide bonds. The van der Waals surface area contributed by atoms with Crippen molar-refractivity contribution in [1.82, 2.24) is 0 Å². The smallest absolute Gasteiger partial charge is 0.160 e. The Bertz CT molecular complexity index is 166. The molecule has 0 spiro atoms. The predicted octanol–water partition coefficient (Wildman–Crippen LogP) is 1.94. The van der Waals surface area contributed by atoms with E-state index in [1.54, 1.807) is 0 Å². The molecule has 0 aliphatic heterocycles. The predicted molar refractivity (Wildman–Crippen MR) is 55.0 cm³/mol. The van der Waals surface area contributed by atoms with E-state index in [-0.39, 0.29) is 6.29 Å². The van der Waals surface area contributed by atoms with Crippen LogP contribution in [0.25, 0.3) is 0 Å². The van der Waals surface area contributed by atoms with Crippen LogP contribution in [-0.2, 0) is 9.47 Å². The van der Waals surface area contributed by atoms with Gasteiger partial charge in [-0.05, 0) is 26.2 Å². The summed E-state index contributed by atoms with van der Waals surface area (Å²) in [5, 5.41) is 10.1. The van der Waals surface area contributed by atoms with Crippen molar-refractivity contribution in [2.24, 2.45) is 5.92 Å². The highest BCUT2D eigenvalue weighted by molar-refractivity contribution is 5.02. The van der Waals surface area contributed by atoms with Gasteiger partial charge in [0.2, 0.25) is 0 Å². The third-order valence-electron chi connectivity index (χ3n) is 2.92. The standard InChI is InChI=1S/C11H22O3/c1-4-9-7-11(9,12)8-10(13-5-2)14-6-3/h9-10,12H,4-8H2,1-3H3/t9-,11+/m0/s1. The zero-order valence-corrected chi connectivity index (χ0v) is 9.45. The van der Waals surface area contributed by atoms with Crippen LogP contribution in [-0.4, -0.2) is 30.2 Å². The van der Waals surface area contributed by atoms with E-state index < -0.39 is 5.60 Å². The van der Waals surface area contributed by atoms with Gasteiger partial charge in [0, 0.05) is 19.6 Å². The molecule has 1 saturated carbocycles. The average molecular weight is 202 g/mol. The summed E-state index contributed by atoms with van der Waals surface area (Å²) in [7, 11) is 0. The summed E-state index contributed by atoms with van der Waals surface area (Å²) in [6.45, 7) is 7.27. The van der Waals surface area contributed by atoms with Crippen LogP contribution in [0.5, 0.6) is 0 Å². The number of rotatable bonds is 7. The van der Waals surface area contributed by atoms with Crippen molar-refractivity contribution >= 4 is 0 Å². The number of hydrogen-bond acceptors (Lipinski definition) is 3.